The summed E-state index contributed by atoms with van der Waals surface area (Å²) < 4.78 is 19.7. The molecule has 0 atom stereocenters. The van der Waals surface area contributed by atoms with E-state index in [0.717, 1.165) is 5.69 Å². The SMILES string of the molecule is O=C(OCc1cccc(F)c1)c1ccc(-n2cnnn2)cc1. The molecule has 0 saturated carbocycles. The molecule has 0 aliphatic rings. The van der Waals surface area contributed by atoms with Crippen molar-refractivity contribution in [3.8, 4) is 5.69 Å². The first-order valence-electron chi connectivity index (χ1n) is 6.47. The zero-order valence-corrected chi connectivity index (χ0v) is 11.4. The van der Waals surface area contributed by atoms with E-state index in [1.807, 2.05) is 0 Å². The highest BCUT2D eigenvalue weighted by Crippen LogP contribution is 2.11. The normalized spacial score (nSPS) is 10.4. The zero-order valence-electron chi connectivity index (χ0n) is 11.4. The van der Waals surface area contributed by atoms with Crippen molar-refractivity contribution in [2.24, 2.45) is 0 Å². The van der Waals surface area contributed by atoms with Gasteiger partial charge in [0.05, 0.1) is 11.3 Å². The van der Waals surface area contributed by atoms with Crippen molar-refractivity contribution >= 4 is 5.97 Å². The summed E-state index contributed by atoms with van der Waals surface area (Å²) in [5.41, 5.74) is 1.72. The minimum Gasteiger partial charge on any atom is -0.457 e. The molecule has 6 nitrogen and oxygen atoms in total. The summed E-state index contributed by atoms with van der Waals surface area (Å²) in [6.07, 6.45) is 1.46. The van der Waals surface area contributed by atoms with Crippen molar-refractivity contribution in [1.82, 2.24) is 20.2 Å². The van der Waals surface area contributed by atoms with Gasteiger partial charge in [0.2, 0.25) is 0 Å². The Balaban J connectivity index is 1.65. The van der Waals surface area contributed by atoms with Crippen LogP contribution in [0.2, 0.25) is 0 Å². The summed E-state index contributed by atoms with van der Waals surface area (Å²) in [6, 6.07) is 12.6. The second kappa shape index (κ2) is 6.13. The fourth-order valence-electron chi connectivity index (χ4n) is 1.89. The Morgan fingerprint density at radius 3 is 2.68 bits per heavy atom. The Bertz CT molecular complexity index is 773. The van der Waals surface area contributed by atoms with Crippen LogP contribution in [-0.4, -0.2) is 26.2 Å². The number of nitrogens with zero attached hydrogens (tertiary/aromatic N) is 4. The molecule has 3 rings (SSSR count). The number of aromatic nitrogens is 4. The van der Waals surface area contributed by atoms with Gasteiger partial charge in [-0.3, -0.25) is 0 Å². The van der Waals surface area contributed by atoms with Gasteiger partial charge in [-0.1, -0.05) is 12.1 Å². The first-order valence-corrected chi connectivity index (χ1v) is 6.47. The van der Waals surface area contributed by atoms with Gasteiger partial charge < -0.3 is 4.74 Å². The van der Waals surface area contributed by atoms with E-state index in [-0.39, 0.29) is 12.4 Å². The molecular weight excluding hydrogens is 287 g/mol. The number of rotatable bonds is 4. The Labute approximate surface area is 125 Å². The monoisotopic (exact) mass is 298 g/mol. The molecule has 0 unspecified atom stereocenters. The molecule has 22 heavy (non-hydrogen) atoms. The van der Waals surface area contributed by atoms with E-state index < -0.39 is 5.97 Å². The van der Waals surface area contributed by atoms with Crippen LogP contribution >= 0.6 is 0 Å². The standard InChI is InChI=1S/C15H11FN4O2/c16-13-3-1-2-11(8-13)9-22-15(21)12-4-6-14(7-5-12)20-10-17-18-19-20/h1-8,10H,9H2. The second-order valence-corrected chi connectivity index (χ2v) is 4.51. The lowest BCUT2D eigenvalue weighted by Crippen LogP contribution is -2.06. The topological polar surface area (TPSA) is 69.9 Å². The summed E-state index contributed by atoms with van der Waals surface area (Å²) >= 11 is 0. The van der Waals surface area contributed by atoms with Gasteiger partial charge in [0.25, 0.3) is 0 Å². The van der Waals surface area contributed by atoms with Gasteiger partial charge >= 0.3 is 5.97 Å². The van der Waals surface area contributed by atoms with Gasteiger partial charge in [-0.25, -0.2) is 13.9 Å². The number of halogens is 1. The van der Waals surface area contributed by atoms with Crippen LogP contribution in [-0.2, 0) is 11.3 Å². The number of esters is 1. The van der Waals surface area contributed by atoms with Crippen LogP contribution in [0.4, 0.5) is 4.39 Å². The third kappa shape index (κ3) is 3.14. The van der Waals surface area contributed by atoms with E-state index in [9.17, 15) is 9.18 Å². The van der Waals surface area contributed by atoms with Crippen LogP contribution in [0, 0.1) is 5.82 Å². The number of hydrogen-bond donors (Lipinski definition) is 0. The highest BCUT2D eigenvalue weighted by Gasteiger charge is 2.08. The molecule has 0 aliphatic carbocycles. The van der Waals surface area contributed by atoms with Crippen molar-refractivity contribution < 1.29 is 13.9 Å². The van der Waals surface area contributed by atoms with E-state index in [1.165, 1.54) is 23.1 Å². The Morgan fingerprint density at radius 2 is 2.00 bits per heavy atom. The summed E-state index contributed by atoms with van der Waals surface area (Å²) in [4.78, 5) is 11.9. The molecule has 0 bridgehead atoms. The van der Waals surface area contributed by atoms with E-state index in [1.54, 1.807) is 36.4 Å². The number of carbonyl (C=O) groups is 1. The molecule has 0 N–H and O–H groups in total. The van der Waals surface area contributed by atoms with Crippen LogP contribution < -0.4 is 0 Å². The van der Waals surface area contributed by atoms with Crippen LogP contribution in [0.5, 0.6) is 0 Å². The third-order valence-electron chi connectivity index (χ3n) is 2.98. The minimum atomic E-state index is -0.479. The fourth-order valence-corrected chi connectivity index (χ4v) is 1.89. The lowest BCUT2D eigenvalue weighted by Gasteiger charge is -2.06. The molecule has 1 heterocycles. The summed E-state index contributed by atoms with van der Waals surface area (Å²) in [6.45, 7) is 0.0192. The van der Waals surface area contributed by atoms with E-state index in [4.69, 9.17) is 4.74 Å². The Kier molecular flexibility index (Phi) is 3.86. The number of hydrogen-bond acceptors (Lipinski definition) is 5. The highest BCUT2D eigenvalue weighted by molar-refractivity contribution is 5.89. The highest BCUT2D eigenvalue weighted by atomic mass is 19.1. The summed E-state index contributed by atoms with van der Waals surface area (Å²) in [5, 5.41) is 10.8. The van der Waals surface area contributed by atoms with Gasteiger partial charge in [0, 0.05) is 0 Å². The summed E-state index contributed by atoms with van der Waals surface area (Å²) in [5.74, 6) is -0.841. The van der Waals surface area contributed by atoms with Crippen molar-refractivity contribution in [3.63, 3.8) is 0 Å². The molecule has 7 heteroatoms. The minimum absolute atomic E-state index is 0.0192. The van der Waals surface area contributed by atoms with E-state index >= 15 is 0 Å². The molecule has 2 aromatic carbocycles. The molecule has 1 aromatic heterocycles. The van der Waals surface area contributed by atoms with Crippen molar-refractivity contribution in [2.45, 2.75) is 6.61 Å². The average molecular weight is 298 g/mol. The molecule has 0 radical (unpaired) electrons. The van der Waals surface area contributed by atoms with Gasteiger partial charge in [-0.15, -0.1) is 5.10 Å². The molecule has 0 fully saturated rings. The van der Waals surface area contributed by atoms with Gasteiger partial charge in [0.15, 0.2) is 0 Å². The van der Waals surface area contributed by atoms with Gasteiger partial charge in [-0.05, 0) is 52.4 Å². The van der Waals surface area contributed by atoms with Gasteiger partial charge in [-0.2, -0.15) is 0 Å². The zero-order chi connectivity index (χ0) is 15.4. The first-order chi connectivity index (χ1) is 10.7. The summed E-state index contributed by atoms with van der Waals surface area (Å²) in [7, 11) is 0. The predicted octanol–water partition coefficient (Wildman–Crippen LogP) is 2.16. The molecule has 0 aliphatic heterocycles. The molecule has 0 spiro atoms. The largest absolute Gasteiger partial charge is 0.457 e. The molecular formula is C15H11FN4O2. The van der Waals surface area contributed by atoms with Crippen molar-refractivity contribution in [2.75, 3.05) is 0 Å². The third-order valence-corrected chi connectivity index (χ3v) is 2.98. The van der Waals surface area contributed by atoms with Crippen LogP contribution in [0.15, 0.2) is 54.9 Å². The molecule has 110 valence electrons. The maximum atomic E-state index is 13.0. The quantitative estimate of drug-likeness (QED) is 0.690. The maximum Gasteiger partial charge on any atom is 0.338 e. The number of ether oxygens (including phenoxy) is 1. The average Bonchev–Trinajstić information content (AvgIpc) is 3.07. The van der Waals surface area contributed by atoms with E-state index in [2.05, 4.69) is 15.5 Å². The molecule has 0 saturated heterocycles. The maximum absolute atomic E-state index is 13.0. The Morgan fingerprint density at radius 1 is 1.18 bits per heavy atom. The predicted molar refractivity (Wildman–Crippen MR) is 74.7 cm³/mol. The lowest BCUT2D eigenvalue weighted by molar-refractivity contribution is 0.0472. The molecule has 0 amide bonds. The molecule has 3 aromatic rings. The lowest BCUT2D eigenvalue weighted by atomic mass is 10.2. The van der Waals surface area contributed by atoms with Crippen LogP contribution in [0.25, 0.3) is 5.69 Å². The van der Waals surface area contributed by atoms with Crippen LogP contribution in [0.3, 0.4) is 0 Å². The second-order valence-electron chi connectivity index (χ2n) is 4.51. The van der Waals surface area contributed by atoms with Gasteiger partial charge in [0.1, 0.15) is 18.8 Å². The number of benzene rings is 2. The van der Waals surface area contributed by atoms with Crippen molar-refractivity contribution in [1.29, 1.82) is 0 Å². The fraction of sp³-hybridized carbons (Fsp3) is 0.0667. The smallest absolute Gasteiger partial charge is 0.338 e. The van der Waals surface area contributed by atoms with Crippen molar-refractivity contribution in [3.05, 3.63) is 71.8 Å². The number of tetrazole rings is 1. The Hall–Kier alpha value is -3.09. The van der Waals surface area contributed by atoms with E-state index in [0.29, 0.717) is 11.1 Å². The first kappa shape index (κ1) is 13.9. The number of carbonyl (C=O) groups excluding carboxylic acids is 1. The van der Waals surface area contributed by atoms with Crippen LogP contribution in [0.1, 0.15) is 15.9 Å².